The van der Waals surface area contributed by atoms with Gasteiger partial charge in [-0.3, -0.25) is 14.0 Å². The molecule has 0 aliphatic heterocycles. The maximum Gasteiger partial charge on any atom is 0.234 e. The molecular weight excluding hydrogens is 444 g/mol. The summed E-state index contributed by atoms with van der Waals surface area (Å²) < 4.78 is 1.88. The Kier molecular flexibility index (Phi) is 5.56. The first kappa shape index (κ1) is 20.9. The summed E-state index contributed by atoms with van der Waals surface area (Å²) in [6.07, 6.45) is 5.09. The van der Waals surface area contributed by atoms with Gasteiger partial charge < -0.3 is 10.6 Å². The lowest BCUT2D eigenvalue weighted by atomic mass is 9.89. The monoisotopic (exact) mass is 466 g/mol. The largest absolute Gasteiger partial charge is 0.326 e. The van der Waals surface area contributed by atoms with Gasteiger partial charge in [0.15, 0.2) is 10.8 Å². The lowest BCUT2D eigenvalue weighted by Gasteiger charge is -2.17. The van der Waals surface area contributed by atoms with Crippen LogP contribution in [0.25, 0.3) is 15.9 Å². The van der Waals surface area contributed by atoms with Gasteiger partial charge in [-0.15, -0.1) is 21.5 Å². The molecule has 1 aliphatic rings. The van der Waals surface area contributed by atoms with Crippen molar-refractivity contribution in [1.29, 1.82) is 0 Å². The van der Waals surface area contributed by atoms with Crippen LogP contribution in [0, 0.1) is 5.92 Å². The van der Waals surface area contributed by atoms with E-state index in [1.165, 1.54) is 35.5 Å². The molecule has 10 heteroatoms. The fourth-order valence-electron chi connectivity index (χ4n) is 3.99. The number of nitrogens with one attached hydrogen (secondary N) is 2. The molecular formula is C22H22N6O2S2. The minimum atomic E-state index is -0.144. The Morgan fingerprint density at radius 3 is 2.69 bits per heavy atom. The van der Waals surface area contributed by atoms with Crippen LogP contribution in [0.5, 0.6) is 0 Å². The number of hydrogen-bond acceptors (Lipinski definition) is 7. The molecule has 5 rings (SSSR count). The number of fused-ring (bicyclic) bond motifs is 5. The molecule has 3 aromatic heterocycles. The smallest absolute Gasteiger partial charge is 0.234 e. The van der Waals surface area contributed by atoms with Gasteiger partial charge in [0.2, 0.25) is 11.8 Å². The highest BCUT2D eigenvalue weighted by atomic mass is 32.2. The van der Waals surface area contributed by atoms with Crippen molar-refractivity contribution in [2.45, 2.75) is 38.3 Å². The van der Waals surface area contributed by atoms with Gasteiger partial charge in [0, 0.05) is 23.2 Å². The number of nitrogens with zero attached hydrogens (tertiary/aromatic N) is 4. The van der Waals surface area contributed by atoms with Gasteiger partial charge in [-0.25, -0.2) is 4.98 Å². The number of anilines is 2. The van der Waals surface area contributed by atoms with Crippen molar-refractivity contribution >= 4 is 62.2 Å². The summed E-state index contributed by atoms with van der Waals surface area (Å²) in [5.74, 6) is 0.625. The van der Waals surface area contributed by atoms with Gasteiger partial charge in [-0.05, 0) is 55.0 Å². The SMILES string of the molecule is CC(=O)Nc1ccc(NC(=O)CSc2nnc3c4c5c(sc4ncn23)CC(C)CC5)cc1. The molecule has 8 nitrogen and oxygen atoms in total. The lowest BCUT2D eigenvalue weighted by molar-refractivity contribution is -0.114. The number of aryl methyl sites for hydroxylation is 1. The zero-order valence-electron chi connectivity index (χ0n) is 17.7. The summed E-state index contributed by atoms with van der Waals surface area (Å²) in [5.41, 5.74) is 3.53. The third-order valence-corrected chi connectivity index (χ3v) is 7.60. The van der Waals surface area contributed by atoms with Crippen LogP contribution in [0.15, 0.2) is 35.7 Å². The maximum atomic E-state index is 12.4. The molecule has 0 saturated heterocycles. The van der Waals surface area contributed by atoms with Crippen LogP contribution in [-0.4, -0.2) is 37.1 Å². The summed E-state index contributed by atoms with van der Waals surface area (Å²) in [7, 11) is 0. The van der Waals surface area contributed by atoms with Crippen LogP contribution in [0.4, 0.5) is 11.4 Å². The molecule has 0 spiro atoms. The van der Waals surface area contributed by atoms with E-state index in [1.54, 1.807) is 41.9 Å². The minimum Gasteiger partial charge on any atom is -0.326 e. The topological polar surface area (TPSA) is 101 Å². The first-order valence-corrected chi connectivity index (χ1v) is 12.2. The molecule has 3 heterocycles. The Hall–Kier alpha value is -2.98. The van der Waals surface area contributed by atoms with Gasteiger partial charge >= 0.3 is 0 Å². The number of benzene rings is 1. The third-order valence-electron chi connectivity index (χ3n) is 5.49. The van der Waals surface area contributed by atoms with E-state index in [0.29, 0.717) is 22.4 Å². The highest BCUT2D eigenvalue weighted by molar-refractivity contribution is 7.99. The van der Waals surface area contributed by atoms with E-state index in [9.17, 15) is 9.59 Å². The van der Waals surface area contributed by atoms with Crippen LogP contribution >= 0.6 is 23.1 Å². The summed E-state index contributed by atoms with van der Waals surface area (Å²) in [6.45, 7) is 3.75. The summed E-state index contributed by atoms with van der Waals surface area (Å²) >= 11 is 3.09. The normalized spacial score (nSPS) is 15.6. The van der Waals surface area contributed by atoms with Crippen LogP contribution in [-0.2, 0) is 22.4 Å². The Labute approximate surface area is 192 Å². The lowest BCUT2D eigenvalue weighted by Crippen LogP contribution is -2.14. The zero-order chi connectivity index (χ0) is 22.2. The fourth-order valence-corrected chi connectivity index (χ4v) is 6.03. The van der Waals surface area contributed by atoms with Gasteiger partial charge in [0.05, 0.1) is 11.1 Å². The van der Waals surface area contributed by atoms with E-state index in [1.807, 2.05) is 4.40 Å². The summed E-state index contributed by atoms with van der Waals surface area (Å²) in [6, 6.07) is 6.99. The van der Waals surface area contributed by atoms with E-state index in [0.717, 1.165) is 28.7 Å². The minimum absolute atomic E-state index is 0.136. The highest BCUT2D eigenvalue weighted by Gasteiger charge is 2.24. The molecule has 2 N–H and O–H groups in total. The average molecular weight is 467 g/mol. The van der Waals surface area contributed by atoms with Crippen LogP contribution < -0.4 is 10.6 Å². The van der Waals surface area contributed by atoms with E-state index in [4.69, 9.17) is 0 Å². The highest BCUT2D eigenvalue weighted by Crippen LogP contribution is 2.39. The molecule has 1 atom stereocenters. The van der Waals surface area contributed by atoms with E-state index >= 15 is 0 Å². The van der Waals surface area contributed by atoms with E-state index < -0.39 is 0 Å². The fraction of sp³-hybridized carbons (Fsp3) is 0.318. The van der Waals surface area contributed by atoms with Crippen LogP contribution in [0.2, 0.25) is 0 Å². The molecule has 32 heavy (non-hydrogen) atoms. The molecule has 0 fully saturated rings. The zero-order valence-corrected chi connectivity index (χ0v) is 19.3. The number of carbonyl (C=O) groups is 2. The van der Waals surface area contributed by atoms with Crippen molar-refractivity contribution in [3.63, 3.8) is 0 Å². The van der Waals surface area contributed by atoms with Gasteiger partial charge in [-0.2, -0.15) is 0 Å². The summed E-state index contributed by atoms with van der Waals surface area (Å²) in [4.78, 5) is 30.6. The Bertz CT molecular complexity index is 1330. The molecule has 1 aromatic carbocycles. The van der Waals surface area contributed by atoms with Crippen molar-refractivity contribution < 1.29 is 9.59 Å². The van der Waals surface area contributed by atoms with Crippen molar-refractivity contribution in [1.82, 2.24) is 19.6 Å². The number of thioether (sulfide) groups is 1. The first-order chi connectivity index (χ1) is 15.5. The first-order valence-electron chi connectivity index (χ1n) is 10.4. The molecule has 1 aliphatic carbocycles. The maximum absolute atomic E-state index is 12.4. The Morgan fingerprint density at radius 1 is 1.19 bits per heavy atom. The molecule has 0 saturated carbocycles. The number of amides is 2. The van der Waals surface area contributed by atoms with Crippen LogP contribution in [0.1, 0.15) is 30.7 Å². The van der Waals surface area contributed by atoms with E-state index in [-0.39, 0.29) is 17.6 Å². The number of rotatable bonds is 5. The van der Waals surface area contributed by atoms with Gasteiger partial charge in [0.25, 0.3) is 0 Å². The quantitative estimate of drug-likeness (QED) is 0.429. The molecule has 0 radical (unpaired) electrons. The van der Waals surface area contributed by atoms with Crippen LogP contribution in [0.3, 0.4) is 0 Å². The van der Waals surface area contributed by atoms with E-state index in [2.05, 4.69) is 32.7 Å². The van der Waals surface area contributed by atoms with Gasteiger partial charge in [0.1, 0.15) is 11.2 Å². The number of aromatic nitrogens is 4. The van der Waals surface area contributed by atoms with Crippen molar-refractivity contribution in [2.24, 2.45) is 5.92 Å². The van der Waals surface area contributed by atoms with Gasteiger partial charge in [-0.1, -0.05) is 18.7 Å². The Balaban J connectivity index is 1.30. The number of carbonyl (C=O) groups excluding carboxylic acids is 2. The molecule has 1 unspecified atom stereocenters. The molecule has 0 bridgehead atoms. The third kappa shape index (κ3) is 4.07. The summed E-state index contributed by atoms with van der Waals surface area (Å²) in [5, 5.41) is 16.1. The Morgan fingerprint density at radius 2 is 1.94 bits per heavy atom. The molecule has 164 valence electrons. The standard InChI is InChI=1S/C22H22N6O2S2/c1-12-3-8-16-17(9-12)32-21-19(16)20-26-27-22(28(20)11-23-21)31-10-18(30)25-15-6-4-14(5-7-15)24-13(2)29/h4-7,11-12H,3,8-10H2,1-2H3,(H,24,29)(H,25,30). The van der Waals surface area contributed by atoms with Crippen molar-refractivity contribution in [3.8, 4) is 0 Å². The second kappa shape index (κ2) is 8.51. The number of hydrogen-bond donors (Lipinski definition) is 2. The molecule has 2 amide bonds. The number of thiophene rings is 1. The van der Waals surface area contributed by atoms with Crippen molar-refractivity contribution in [2.75, 3.05) is 16.4 Å². The average Bonchev–Trinajstić information content (AvgIpc) is 3.33. The molecule has 4 aromatic rings. The predicted molar refractivity (Wildman–Crippen MR) is 127 cm³/mol. The second-order valence-electron chi connectivity index (χ2n) is 8.05. The predicted octanol–water partition coefficient (Wildman–Crippen LogP) is 4.15. The second-order valence-corrected chi connectivity index (χ2v) is 10.1. The van der Waals surface area contributed by atoms with Crippen molar-refractivity contribution in [3.05, 3.63) is 41.0 Å².